The summed E-state index contributed by atoms with van der Waals surface area (Å²) in [6.45, 7) is -0.654. The summed E-state index contributed by atoms with van der Waals surface area (Å²) in [5.41, 5.74) is 2.37. The minimum absolute atomic E-state index is 0.0964. The maximum absolute atomic E-state index is 14.6. The van der Waals surface area contributed by atoms with Crippen LogP contribution in [-0.2, 0) is 19.9 Å². The molecule has 8 heteroatoms. The summed E-state index contributed by atoms with van der Waals surface area (Å²) in [6.07, 6.45) is 0. The van der Waals surface area contributed by atoms with Crippen molar-refractivity contribution in [3.63, 3.8) is 0 Å². The van der Waals surface area contributed by atoms with Gasteiger partial charge in [0.25, 0.3) is 5.91 Å². The van der Waals surface area contributed by atoms with Gasteiger partial charge in [-0.1, -0.05) is 12.1 Å². The first-order chi connectivity index (χ1) is 11.8. The lowest BCUT2D eigenvalue weighted by atomic mass is 9.86. The molecule has 0 fully saturated rings. The van der Waals surface area contributed by atoms with Crippen LogP contribution in [0.15, 0.2) is 36.4 Å². The first-order valence-corrected chi connectivity index (χ1v) is 7.23. The van der Waals surface area contributed by atoms with Gasteiger partial charge < -0.3 is 10.5 Å². The Hall–Kier alpha value is -2.87. The van der Waals surface area contributed by atoms with E-state index in [0.29, 0.717) is 0 Å². The van der Waals surface area contributed by atoms with E-state index in [9.17, 15) is 22.8 Å². The summed E-state index contributed by atoms with van der Waals surface area (Å²) in [5.74, 6) is -4.18. The molecule has 0 aliphatic carbocycles. The zero-order chi connectivity index (χ0) is 18.4. The molecule has 3 rings (SSSR count). The van der Waals surface area contributed by atoms with E-state index in [1.54, 1.807) is 0 Å². The Labute approximate surface area is 140 Å². The predicted molar refractivity (Wildman–Crippen MR) is 82.1 cm³/mol. The molecule has 1 heterocycles. The first-order valence-electron chi connectivity index (χ1n) is 7.23. The fourth-order valence-corrected chi connectivity index (χ4v) is 3.10. The molecule has 1 atom stereocenters. The molecule has 2 N–H and O–H groups in total. The Balaban J connectivity index is 2.34. The van der Waals surface area contributed by atoms with Crippen LogP contribution in [0.4, 0.5) is 18.9 Å². The molecular formula is C17H13F3N2O3. The van der Waals surface area contributed by atoms with Crippen LogP contribution in [-0.4, -0.2) is 25.5 Å². The van der Waals surface area contributed by atoms with Crippen LogP contribution in [0.3, 0.4) is 0 Å². The molecule has 5 nitrogen and oxygen atoms in total. The first kappa shape index (κ1) is 17.0. The monoisotopic (exact) mass is 350 g/mol. The highest BCUT2D eigenvalue weighted by atomic mass is 19.1. The molecule has 0 bridgehead atoms. The highest BCUT2D eigenvalue weighted by molar-refractivity contribution is 6.11. The molecule has 2 aromatic rings. The number of amides is 2. The number of fused-ring (bicyclic) bond motifs is 1. The van der Waals surface area contributed by atoms with E-state index in [1.807, 2.05) is 0 Å². The number of methoxy groups -OCH3 is 1. The highest BCUT2D eigenvalue weighted by Crippen LogP contribution is 2.48. The lowest BCUT2D eigenvalue weighted by Crippen LogP contribution is -2.45. The van der Waals surface area contributed by atoms with Gasteiger partial charge >= 0.3 is 0 Å². The molecule has 130 valence electrons. The third kappa shape index (κ3) is 2.37. The second-order valence-electron chi connectivity index (χ2n) is 5.50. The lowest BCUT2D eigenvalue weighted by Gasteiger charge is -2.27. The largest absolute Gasteiger partial charge is 0.368 e. The van der Waals surface area contributed by atoms with Gasteiger partial charge in [0, 0.05) is 7.11 Å². The minimum atomic E-state index is -2.05. The minimum Gasteiger partial charge on any atom is -0.368 e. The smallest absolute Gasteiger partial charge is 0.269 e. The number of benzene rings is 2. The van der Waals surface area contributed by atoms with Gasteiger partial charge in [-0.15, -0.1) is 0 Å². The molecule has 0 saturated heterocycles. The fraction of sp³-hybridized carbons (Fsp3) is 0.176. The molecule has 0 spiro atoms. The number of carbonyl (C=O) groups is 2. The van der Waals surface area contributed by atoms with Gasteiger partial charge in [-0.2, -0.15) is 0 Å². The topological polar surface area (TPSA) is 72.6 Å². The lowest BCUT2D eigenvalue weighted by molar-refractivity contribution is -0.136. The SMILES string of the molecule is CO[C@]1(c2ccc(F)cc2)C(=O)N(CC(N)=O)c2c(F)ccc(F)c21. The molecule has 2 aromatic carbocycles. The number of anilines is 1. The number of halogens is 3. The second kappa shape index (κ2) is 5.89. The highest BCUT2D eigenvalue weighted by Gasteiger charge is 2.56. The summed E-state index contributed by atoms with van der Waals surface area (Å²) < 4.78 is 47.6. The standard InChI is InChI=1S/C17H13F3N2O3/c1-25-17(9-2-4-10(18)5-3-9)14-11(19)6-7-12(20)15(14)22(16(17)24)8-13(21)23/h2-7H,8H2,1H3,(H2,21,23)/t17-/m0/s1. The van der Waals surface area contributed by atoms with Crippen molar-refractivity contribution in [1.29, 1.82) is 0 Å². The zero-order valence-corrected chi connectivity index (χ0v) is 13.1. The van der Waals surface area contributed by atoms with Crippen molar-refractivity contribution in [1.82, 2.24) is 0 Å². The van der Waals surface area contributed by atoms with Crippen molar-refractivity contribution in [2.75, 3.05) is 18.6 Å². The Morgan fingerprint density at radius 1 is 1.12 bits per heavy atom. The van der Waals surface area contributed by atoms with Crippen molar-refractivity contribution in [2.45, 2.75) is 5.60 Å². The van der Waals surface area contributed by atoms with E-state index in [1.165, 1.54) is 12.1 Å². The maximum Gasteiger partial charge on any atom is 0.269 e. The van der Waals surface area contributed by atoms with Crippen LogP contribution >= 0.6 is 0 Å². The Kier molecular flexibility index (Phi) is 4.00. The number of nitrogens with zero attached hydrogens (tertiary/aromatic N) is 1. The third-order valence-corrected chi connectivity index (χ3v) is 4.12. The number of hydrogen-bond donors (Lipinski definition) is 1. The van der Waals surface area contributed by atoms with Gasteiger partial charge in [0.15, 0.2) is 0 Å². The van der Waals surface area contributed by atoms with E-state index in [4.69, 9.17) is 10.5 Å². The predicted octanol–water partition coefficient (Wildman–Crippen LogP) is 1.83. The summed E-state index contributed by atoms with van der Waals surface area (Å²) in [6, 6.07) is 6.30. The van der Waals surface area contributed by atoms with E-state index in [2.05, 4.69) is 0 Å². The van der Waals surface area contributed by atoms with Gasteiger partial charge in [-0.3, -0.25) is 14.5 Å². The second-order valence-corrected chi connectivity index (χ2v) is 5.50. The van der Waals surface area contributed by atoms with Gasteiger partial charge in [0.05, 0.1) is 11.3 Å². The van der Waals surface area contributed by atoms with E-state index in [-0.39, 0.29) is 11.1 Å². The van der Waals surface area contributed by atoms with Crippen molar-refractivity contribution < 1.29 is 27.5 Å². The Bertz CT molecular complexity index is 870. The Morgan fingerprint density at radius 3 is 2.28 bits per heavy atom. The quantitative estimate of drug-likeness (QED) is 0.914. The maximum atomic E-state index is 14.6. The number of rotatable bonds is 4. The molecule has 0 unspecified atom stereocenters. The number of hydrogen-bond acceptors (Lipinski definition) is 3. The Morgan fingerprint density at radius 2 is 1.72 bits per heavy atom. The summed E-state index contributed by atoms with van der Waals surface area (Å²) in [4.78, 5) is 25.1. The molecule has 0 aromatic heterocycles. The normalized spacial score (nSPS) is 19.2. The molecular weight excluding hydrogens is 337 g/mol. The van der Waals surface area contributed by atoms with E-state index >= 15 is 0 Å². The van der Waals surface area contributed by atoms with Crippen molar-refractivity contribution in [3.05, 3.63) is 65.0 Å². The van der Waals surface area contributed by atoms with Gasteiger partial charge in [0.1, 0.15) is 24.0 Å². The molecule has 1 aliphatic heterocycles. The molecule has 25 heavy (non-hydrogen) atoms. The zero-order valence-electron chi connectivity index (χ0n) is 13.1. The molecule has 0 saturated carbocycles. The van der Waals surface area contributed by atoms with Crippen LogP contribution < -0.4 is 10.6 Å². The molecule has 0 radical (unpaired) electrons. The number of ether oxygens (including phenoxy) is 1. The summed E-state index contributed by atoms with van der Waals surface area (Å²) in [7, 11) is 1.14. The third-order valence-electron chi connectivity index (χ3n) is 4.12. The van der Waals surface area contributed by atoms with Gasteiger partial charge in [-0.05, 0) is 29.8 Å². The van der Waals surface area contributed by atoms with Crippen LogP contribution in [0, 0.1) is 17.5 Å². The number of primary amides is 1. The van der Waals surface area contributed by atoms with E-state index < -0.39 is 47.1 Å². The van der Waals surface area contributed by atoms with Gasteiger partial charge in [-0.25, -0.2) is 13.2 Å². The summed E-state index contributed by atoms with van der Waals surface area (Å²) in [5, 5.41) is 0. The van der Waals surface area contributed by atoms with E-state index in [0.717, 1.165) is 36.3 Å². The van der Waals surface area contributed by atoms with Gasteiger partial charge in [0.2, 0.25) is 11.5 Å². The van der Waals surface area contributed by atoms with Crippen LogP contribution in [0.2, 0.25) is 0 Å². The van der Waals surface area contributed by atoms with Crippen LogP contribution in [0.1, 0.15) is 11.1 Å². The summed E-state index contributed by atoms with van der Waals surface area (Å²) >= 11 is 0. The van der Waals surface area contributed by atoms with Crippen molar-refractivity contribution >= 4 is 17.5 Å². The molecule has 2 amide bonds. The number of nitrogens with two attached hydrogens (primary N) is 1. The average molecular weight is 350 g/mol. The van der Waals surface area contributed by atoms with Crippen molar-refractivity contribution in [2.24, 2.45) is 5.73 Å². The number of carbonyl (C=O) groups excluding carboxylic acids is 2. The van der Waals surface area contributed by atoms with Crippen LogP contribution in [0.25, 0.3) is 0 Å². The average Bonchev–Trinajstić information content (AvgIpc) is 2.82. The molecule has 1 aliphatic rings. The fourth-order valence-electron chi connectivity index (χ4n) is 3.10. The van der Waals surface area contributed by atoms with Crippen molar-refractivity contribution in [3.8, 4) is 0 Å². The van der Waals surface area contributed by atoms with Crippen LogP contribution in [0.5, 0.6) is 0 Å².